The Bertz CT molecular complexity index is 999. The van der Waals surface area contributed by atoms with E-state index in [4.69, 9.17) is 9.47 Å². The molecular weight excluding hydrogens is 384 g/mol. The number of nitrogens with one attached hydrogen (secondary N) is 1. The molecule has 2 aromatic carbocycles. The summed E-state index contributed by atoms with van der Waals surface area (Å²) in [6.45, 7) is 0. The smallest absolute Gasteiger partial charge is 0.332 e. The van der Waals surface area contributed by atoms with Gasteiger partial charge in [0.05, 0.1) is 14.2 Å². The van der Waals surface area contributed by atoms with Crippen molar-refractivity contribution in [3.8, 4) is 22.6 Å². The van der Waals surface area contributed by atoms with Crippen molar-refractivity contribution in [2.45, 2.75) is 19.3 Å². The van der Waals surface area contributed by atoms with E-state index < -0.39 is 29.2 Å². The number of carboxylic acid groups (broad SMARTS) is 1. The van der Waals surface area contributed by atoms with Gasteiger partial charge in [-0.25, -0.2) is 13.6 Å². The lowest BCUT2D eigenvalue weighted by molar-refractivity contribution is -0.133. The molecule has 0 radical (unpaired) electrons. The number of hydrogen-bond acceptors (Lipinski definition) is 4. The molecule has 0 saturated carbocycles. The second kappa shape index (κ2) is 8.30. The minimum absolute atomic E-state index is 0.0227. The van der Waals surface area contributed by atoms with E-state index in [0.717, 1.165) is 6.07 Å². The molecule has 0 saturated heterocycles. The maximum atomic E-state index is 15.0. The van der Waals surface area contributed by atoms with E-state index in [1.807, 2.05) is 0 Å². The number of methoxy groups -OCH3 is 2. The van der Waals surface area contributed by atoms with Crippen molar-refractivity contribution >= 4 is 17.6 Å². The number of amides is 1. The molecule has 0 spiro atoms. The molecule has 1 amide bonds. The maximum absolute atomic E-state index is 15.0. The summed E-state index contributed by atoms with van der Waals surface area (Å²) in [5, 5.41) is 11.3. The topological polar surface area (TPSA) is 84.9 Å². The molecule has 3 rings (SSSR count). The first-order valence-corrected chi connectivity index (χ1v) is 8.84. The van der Waals surface area contributed by atoms with Crippen LogP contribution in [-0.2, 0) is 9.59 Å². The lowest BCUT2D eigenvalue weighted by atomic mass is 10.0. The summed E-state index contributed by atoms with van der Waals surface area (Å²) in [6, 6.07) is 7.58. The molecule has 0 unspecified atom stereocenters. The quantitative estimate of drug-likeness (QED) is 0.757. The molecule has 0 aromatic heterocycles. The zero-order valence-electron chi connectivity index (χ0n) is 15.8. The van der Waals surface area contributed by atoms with Gasteiger partial charge in [-0.15, -0.1) is 0 Å². The van der Waals surface area contributed by atoms with Crippen LogP contribution in [0.5, 0.6) is 11.5 Å². The first-order valence-electron chi connectivity index (χ1n) is 8.84. The molecule has 1 aliphatic rings. The summed E-state index contributed by atoms with van der Waals surface area (Å²) in [5.41, 5.74) is -0.0488. The predicted molar refractivity (Wildman–Crippen MR) is 102 cm³/mol. The Morgan fingerprint density at radius 2 is 1.69 bits per heavy atom. The minimum Gasteiger partial charge on any atom is -0.497 e. The van der Waals surface area contributed by atoms with E-state index in [1.165, 1.54) is 14.2 Å². The fourth-order valence-corrected chi connectivity index (χ4v) is 3.32. The van der Waals surface area contributed by atoms with Crippen LogP contribution < -0.4 is 14.8 Å². The van der Waals surface area contributed by atoms with E-state index in [9.17, 15) is 23.5 Å². The Balaban J connectivity index is 2.00. The van der Waals surface area contributed by atoms with Crippen molar-refractivity contribution in [2.24, 2.45) is 0 Å². The van der Waals surface area contributed by atoms with Gasteiger partial charge in [0, 0.05) is 16.7 Å². The fraction of sp³-hybridized carbons (Fsp3) is 0.238. The first kappa shape index (κ1) is 20.3. The molecule has 0 atom stereocenters. The first-order chi connectivity index (χ1) is 13.9. The van der Waals surface area contributed by atoms with Gasteiger partial charge in [0.1, 0.15) is 11.4 Å². The number of halogens is 2. The molecule has 2 aromatic rings. The Kier molecular flexibility index (Phi) is 5.81. The van der Waals surface area contributed by atoms with Gasteiger partial charge in [-0.3, -0.25) is 4.79 Å². The van der Waals surface area contributed by atoms with Gasteiger partial charge in [0.15, 0.2) is 17.4 Å². The van der Waals surface area contributed by atoms with Crippen LogP contribution in [0, 0.1) is 11.6 Å². The summed E-state index contributed by atoms with van der Waals surface area (Å²) in [4.78, 5) is 23.7. The number of aliphatic carboxylic acids is 1. The zero-order chi connectivity index (χ0) is 21.1. The Hall–Kier alpha value is -3.42. The van der Waals surface area contributed by atoms with Gasteiger partial charge in [-0.05, 0) is 43.0 Å². The second-order valence-corrected chi connectivity index (χ2v) is 6.43. The van der Waals surface area contributed by atoms with E-state index in [0.29, 0.717) is 17.7 Å². The largest absolute Gasteiger partial charge is 0.497 e. The summed E-state index contributed by atoms with van der Waals surface area (Å²) < 4.78 is 39.9. The van der Waals surface area contributed by atoms with Crippen LogP contribution in [0.3, 0.4) is 0 Å². The van der Waals surface area contributed by atoms with Crippen LogP contribution in [0.2, 0.25) is 0 Å². The third kappa shape index (κ3) is 3.91. The third-order valence-corrected chi connectivity index (χ3v) is 4.77. The van der Waals surface area contributed by atoms with Gasteiger partial charge in [0.25, 0.3) is 5.91 Å². The number of benzene rings is 2. The number of rotatable bonds is 6. The average Bonchev–Trinajstić information content (AvgIpc) is 3.21. The highest BCUT2D eigenvalue weighted by atomic mass is 19.1. The monoisotopic (exact) mass is 403 g/mol. The highest BCUT2D eigenvalue weighted by Gasteiger charge is 2.28. The predicted octanol–water partition coefficient (Wildman–Crippen LogP) is 4.15. The standard InChI is InChI=1S/C21H19F2NO5/c1-28-12-8-6-11(7-9-12)15-10-16(22)18(17(23)19(15)29-2)24-20(25)13-4-3-5-14(13)21(26)27/h6-10H,3-5H2,1-2H3,(H,24,25)(H,26,27). The molecule has 8 heteroatoms. The van der Waals surface area contributed by atoms with Crippen molar-refractivity contribution in [2.75, 3.05) is 19.5 Å². The van der Waals surface area contributed by atoms with Gasteiger partial charge in [0.2, 0.25) is 0 Å². The molecule has 2 N–H and O–H groups in total. The molecule has 0 fully saturated rings. The summed E-state index contributed by atoms with van der Waals surface area (Å²) in [5.74, 6) is -3.79. The van der Waals surface area contributed by atoms with Crippen LogP contribution >= 0.6 is 0 Å². The Labute approximate surface area is 165 Å². The van der Waals surface area contributed by atoms with E-state index in [-0.39, 0.29) is 35.3 Å². The number of hydrogen-bond donors (Lipinski definition) is 2. The second-order valence-electron chi connectivity index (χ2n) is 6.43. The van der Waals surface area contributed by atoms with E-state index in [1.54, 1.807) is 24.3 Å². The van der Waals surface area contributed by atoms with Crippen molar-refractivity contribution < 1.29 is 33.0 Å². The Morgan fingerprint density at radius 3 is 2.28 bits per heavy atom. The van der Waals surface area contributed by atoms with Crippen LogP contribution in [0.15, 0.2) is 41.5 Å². The van der Waals surface area contributed by atoms with E-state index >= 15 is 0 Å². The maximum Gasteiger partial charge on any atom is 0.332 e. The van der Waals surface area contributed by atoms with Crippen LogP contribution in [0.1, 0.15) is 19.3 Å². The van der Waals surface area contributed by atoms with Crippen molar-refractivity contribution in [1.29, 1.82) is 0 Å². The van der Waals surface area contributed by atoms with Crippen LogP contribution in [0.25, 0.3) is 11.1 Å². The molecular formula is C21H19F2NO5. The molecule has 152 valence electrons. The molecule has 0 heterocycles. The zero-order valence-corrected chi connectivity index (χ0v) is 15.8. The highest BCUT2D eigenvalue weighted by Crippen LogP contribution is 2.39. The highest BCUT2D eigenvalue weighted by molar-refractivity contribution is 6.09. The number of carbonyl (C=O) groups is 2. The van der Waals surface area contributed by atoms with Crippen LogP contribution in [-0.4, -0.2) is 31.2 Å². The molecule has 0 aliphatic heterocycles. The molecule has 29 heavy (non-hydrogen) atoms. The van der Waals surface area contributed by atoms with E-state index in [2.05, 4.69) is 5.32 Å². The molecule has 0 bridgehead atoms. The van der Waals surface area contributed by atoms with Gasteiger partial charge in [-0.2, -0.15) is 0 Å². The summed E-state index contributed by atoms with van der Waals surface area (Å²) >= 11 is 0. The third-order valence-electron chi connectivity index (χ3n) is 4.77. The average molecular weight is 403 g/mol. The molecule has 6 nitrogen and oxygen atoms in total. The minimum atomic E-state index is -1.21. The summed E-state index contributed by atoms with van der Waals surface area (Å²) in [6.07, 6.45) is 0.968. The number of anilines is 1. The van der Waals surface area contributed by atoms with Crippen molar-refractivity contribution in [3.05, 3.63) is 53.1 Å². The van der Waals surface area contributed by atoms with Gasteiger partial charge in [-0.1, -0.05) is 12.1 Å². The lowest BCUT2D eigenvalue weighted by Crippen LogP contribution is -2.18. The number of carboxylic acids is 1. The van der Waals surface area contributed by atoms with Gasteiger partial charge < -0.3 is 19.9 Å². The van der Waals surface area contributed by atoms with Crippen LogP contribution in [0.4, 0.5) is 14.5 Å². The van der Waals surface area contributed by atoms with Crippen molar-refractivity contribution in [1.82, 2.24) is 0 Å². The number of carbonyl (C=O) groups excluding carboxylic acids is 1. The van der Waals surface area contributed by atoms with Gasteiger partial charge >= 0.3 is 5.97 Å². The SMILES string of the molecule is COc1ccc(-c2cc(F)c(NC(=O)C3=C(C(=O)O)CCC3)c(F)c2OC)cc1. The molecule has 1 aliphatic carbocycles. The van der Waals surface area contributed by atoms with Crippen molar-refractivity contribution in [3.63, 3.8) is 0 Å². The number of ether oxygens (including phenoxy) is 2. The fourth-order valence-electron chi connectivity index (χ4n) is 3.32. The lowest BCUT2D eigenvalue weighted by Gasteiger charge is -2.15. The normalized spacial score (nSPS) is 13.4. The Morgan fingerprint density at radius 1 is 1.03 bits per heavy atom. The summed E-state index contributed by atoms with van der Waals surface area (Å²) in [7, 11) is 2.74.